The summed E-state index contributed by atoms with van der Waals surface area (Å²) in [7, 11) is 0. The van der Waals surface area contributed by atoms with Gasteiger partial charge in [0.15, 0.2) is 11.5 Å². The van der Waals surface area contributed by atoms with Gasteiger partial charge < -0.3 is 25.0 Å². The molecule has 0 aromatic heterocycles. The molecule has 0 radical (unpaired) electrons. The molecule has 20 heavy (non-hydrogen) atoms. The molecule has 1 heterocycles. The number of ether oxygens (including phenoxy) is 2. The van der Waals surface area contributed by atoms with Crippen LogP contribution in [0, 0.1) is 0 Å². The van der Waals surface area contributed by atoms with Gasteiger partial charge in [0.25, 0.3) is 0 Å². The maximum Gasteiger partial charge on any atom is 0.231 e. The monoisotopic (exact) mass is 273 g/mol. The van der Waals surface area contributed by atoms with Crippen LogP contribution >= 0.6 is 0 Å². The van der Waals surface area contributed by atoms with Crippen LogP contribution in [0.5, 0.6) is 23.0 Å². The number of rotatable bonds is 4. The van der Waals surface area contributed by atoms with Crippen LogP contribution in [0.2, 0.25) is 0 Å². The van der Waals surface area contributed by atoms with Crippen molar-refractivity contribution in [1.82, 2.24) is 5.32 Å². The standard InChI is InChI=1S/C15H15NO4/c17-12-3-1-10(2-4-12)7-16-8-11-5-14-15(6-13(11)18)20-9-19-14/h1-6,16-18H,7-9H2. The second-order valence-corrected chi connectivity index (χ2v) is 4.60. The molecule has 104 valence electrons. The van der Waals surface area contributed by atoms with E-state index in [4.69, 9.17) is 9.47 Å². The summed E-state index contributed by atoms with van der Waals surface area (Å²) in [6.45, 7) is 1.36. The fourth-order valence-electron chi connectivity index (χ4n) is 2.07. The molecule has 0 atom stereocenters. The maximum absolute atomic E-state index is 9.90. The first-order valence-corrected chi connectivity index (χ1v) is 6.32. The number of fused-ring (bicyclic) bond motifs is 1. The summed E-state index contributed by atoms with van der Waals surface area (Å²) in [5, 5.41) is 22.3. The second kappa shape index (κ2) is 5.30. The predicted octanol–water partition coefficient (Wildman–Crippen LogP) is 2.12. The van der Waals surface area contributed by atoms with Crippen LogP contribution in [-0.4, -0.2) is 17.0 Å². The maximum atomic E-state index is 9.90. The van der Waals surface area contributed by atoms with Crippen LogP contribution in [0.3, 0.4) is 0 Å². The van der Waals surface area contributed by atoms with E-state index in [0.717, 1.165) is 11.1 Å². The van der Waals surface area contributed by atoms with Crippen molar-refractivity contribution >= 4 is 0 Å². The van der Waals surface area contributed by atoms with Gasteiger partial charge in [0.05, 0.1) is 0 Å². The Balaban J connectivity index is 1.62. The summed E-state index contributed by atoms with van der Waals surface area (Å²) in [4.78, 5) is 0. The van der Waals surface area contributed by atoms with Crippen molar-refractivity contribution in [2.45, 2.75) is 13.1 Å². The van der Waals surface area contributed by atoms with Crippen LogP contribution in [0.15, 0.2) is 36.4 Å². The topological polar surface area (TPSA) is 71.0 Å². The van der Waals surface area contributed by atoms with Crippen LogP contribution < -0.4 is 14.8 Å². The molecule has 1 aliphatic heterocycles. The zero-order valence-corrected chi connectivity index (χ0v) is 10.8. The van der Waals surface area contributed by atoms with Crippen LogP contribution in [-0.2, 0) is 13.1 Å². The molecule has 3 N–H and O–H groups in total. The number of hydrogen-bond acceptors (Lipinski definition) is 5. The molecular formula is C15H15NO4. The normalized spacial score (nSPS) is 12.6. The van der Waals surface area contributed by atoms with E-state index in [9.17, 15) is 10.2 Å². The average Bonchev–Trinajstić information content (AvgIpc) is 2.88. The summed E-state index contributed by atoms with van der Waals surface area (Å²) >= 11 is 0. The largest absolute Gasteiger partial charge is 0.508 e. The van der Waals surface area contributed by atoms with Gasteiger partial charge in [-0.15, -0.1) is 0 Å². The molecule has 0 bridgehead atoms. The first kappa shape index (κ1) is 12.6. The van der Waals surface area contributed by atoms with Crippen molar-refractivity contribution in [3.63, 3.8) is 0 Å². The Bertz CT molecular complexity index is 610. The van der Waals surface area contributed by atoms with Crippen LogP contribution in [0.4, 0.5) is 0 Å². The highest BCUT2D eigenvalue weighted by molar-refractivity contribution is 5.51. The third-order valence-electron chi connectivity index (χ3n) is 3.15. The van der Waals surface area contributed by atoms with Gasteiger partial charge in [-0.25, -0.2) is 0 Å². The Morgan fingerprint density at radius 2 is 1.65 bits per heavy atom. The molecule has 2 aromatic carbocycles. The van der Waals surface area contributed by atoms with Gasteiger partial charge in [0.1, 0.15) is 11.5 Å². The summed E-state index contributed by atoms with van der Waals surface area (Å²) in [5.41, 5.74) is 1.82. The van der Waals surface area contributed by atoms with Crippen molar-refractivity contribution in [2.24, 2.45) is 0 Å². The van der Waals surface area contributed by atoms with E-state index in [1.807, 2.05) is 12.1 Å². The van der Waals surface area contributed by atoms with Gasteiger partial charge in [0, 0.05) is 24.7 Å². The lowest BCUT2D eigenvalue weighted by molar-refractivity contribution is 0.174. The summed E-state index contributed by atoms with van der Waals surface area (Å²) < 4.78 is 10.5. The van der Waals surface area contributed by atoms with Crippen molar-refractivity contribution in [1.29, 1.82) is 0 Å². The van der Waals surface area contributed by atoms with Gasteiger partial charge in [0.2, 0.25) is 6.79 Å². The van der Waals surface area contributed by atoms with Gasteiger partial charge in [-0.2, -0.15) is 0 Å². The molecule has 0 saturated carbocycles. The Morgan fingerprint density at radius 3 is 2.40 bits per heavy atom. The van der Waals surface area contributed by atoms with E-state index in [2.05, 4.69) is 5.32 Å². The van der Waals surface area contributed by atoms with Crippen molar-refractivity contribution in [3.8, 4) is 23.0 Å². The lowest BCUT2D eigenvalue weighted by atomic mass is 10.1. The van der Waals surface area contributed by atoms with E-state index < -0.39 is 0 Å². The zero-order valence-electron chi connectivity index (χ0n) is 10.8. The minimum absolute atomic E-state index is 0.187. The minimum Gasteiger partial charge on any atom is -0.508 e. The molecule has 0 aliphatic carbocycles. The molecule has 0 spiro atoms. The third-order valence-corrected chi connectivity index (χ3v) is 3.15. The van der Waals surface area contributed by atoms with Crippen molar-refractivity contribution in [3.05, 3.63) is 47.5 Å². The number of hydrogen-bond donors (Lipinski definition) is 3. The molecule has 0 saturated heterocycles. The first-order valence-electron chi connectivity index (χ1n) is 6.32. The lowest BCUT2D eigenvalue weighted by Crippen LogP contribution is -2.12. The first-order chi connectivity index (χ1) is 9.72. The fraction of sp³-hybridized carbons (Fsp3) is 0.200. The molecule has 0 amide bonds. The molecule has 0 fully saturated rings. The molecule has 3 rings (SSSR count). The van der Waals surface area contributed by atoms with E-state index in [-0.39, 0.29) is 18.3 Å². The molecule has 5 nitrogen and oxygen atoms in total. The number of phenolic OH excluding ortho intramolecular Hbond substituents is 2. The quantitative estimate of drug-likeness (QED) is 0.796. The fourth-order valence-corrected chi connectivity index (χ4v) is 2.07. The van der Waals surface area contributed by atoms with Crippen molar-refractivity contribution in [2.75, 3.05) is 6.79 Å². The Hall–Kier alpha value is -2.40. The van der Waals surface area contributed by atoms with Crippen molar-refractivity contribution < 1.29 is 19.7 Å². The van der Waals surface area contributed by atoms with Crippen LogP contribution in [0.1, 0.15) is 11.1 Å². The highest BCUT2D eigenvalue weighted by Crippen LogP contribution is 2.37. The average molecular weight is 273 g/mol. The Kier molecular flexibility index (Phi) is 3.35. The number of benzene rings is 2. The summed E-state index contributed by atoms with van der Waals surface area (Å²) in [6, 6.07) is 10.3. The number of nitrogens with one attached hydrogen (secondary N) is 1. The van der Waals surface area contributed by atoms with E-state index in [1.165, 1.54) is 0 Å². The smallest absolute Gasteiger partial charge is 0.231 e. The second-order valence-electron chi connectivity index (χ2n) is 4.60. The SMILES string of the molecule is Oc1ccc(CNCc2cc3c(cc2O)OCO3)cc1. The summed E-state index contributed by atoms with van der Waals surface area (Å²) in [6.07, 6.45) is 0. The molecule has 2 aromatic rings. The molecule has 0 unspecified atom stereocenters. The minimum atomic E-state index is 0.187. The highest BCUT2D eigenvalue weighted by Gasteiger charge is 2.16. The Labute approximate surface area is 116 Å². The summed E-state index contributed by atoms with van der Waals surface area (Å²) in [5.74, 6) is 1.67. The van der Waals surface area contributed by atoms with Gasteiger partial charge in [-0.3, -0.25) is 0 Å². The van der Waals surface area contributed by atoms with Crippen LogP contribution in [0.25, 0.3) is 0 Å². The molecular weight excluding hydrogens is 258 g/mol. The molecule has 1 aliphatic rings. The van der Waals surface area contributed by atoms with Gasteiger partial charge >= 0.3 is 0 Å². The van der Waals surface area contributed by atoms with Gasteiger partial charge in [-0.1, -0.05) is 12.1 Å². The lowest BCUT2D eigenvalue weighted by Gasteiger charge is -2.08. The van der Waals surface area contributed by atoms with E-state index in [0.29, 0.717) is 24.6 Å². The Morgan fingerprint density at radius 1 is 0.950 bits per heavy atom. The third kappa shape index (κ3) is 2.62. The number of phenols is 2. The predicted molar refractivity (Wildman–Crippen MR) is 72.9 cm³/mol. The van der Waals surface area contributed by atoms with Gasteiger partial charge in [-0.05, 0) is 23.8 Å². The highest BCUT2D eigenvalue weighted by atomic mass is 16.7. The van der Waals surface area contributed by atoms with E-state index in [1.54, 1.807) is 24.3 Å². The zero-order chi connectivity index (χ0) is 13.9. The number of aromatic hydroxyl groups is 2. The van der Waals surface area contributed by atoms with E-state index >= 15 is 0 Å². The molecule has 5 heteroatoms.